The molecule has 1 heterocycles. The quantitative estimate of drug-likeness (QED) is 0.610. The third-order valence-electron chi connectivity index (χ3n) is 3.37. The zero-order chi connectivity index (χ0) is 18.2. The molecule has 0 fully saturated rings. The fourth-order valence-electron chi connectivity index (χ4n) is 2.22. The SMILES string of the molecule is CC(=O)c1nn(-c2cccc(Cl)c2)c(=O)c(C(N)S(=O)(=O)O)c1C. The van der Waals surface area contributed by atoms with Gasteiger partial charge in [-0.1, -0.05) is 17.7 Å². The molecule has 0 spiro atoms. The molecule has 8 nitrogen and oxygen atoms in total. The minimum Gasteiger partial charge on any atom is -0.309 e. The molecule has 3 N–H and O–H groups in total. The predicted octanol–water partition coefficient (Wildman–Crippen LogP) is 1.24. The Labute approximate surface area is 142 Å². The summed E-state index contributed by atoms with van der Waals surface area (Å²) in [6.07, 6.45) is 0. The fraction of sp³-hybridized carbons (Fsp3) is 0.214. The first-order valence-electron chi connectivity index (χ1n) is 6.66. The molecular formula is C14H14ClN3O5S. The van der Waals surface area contributed by atoms with E-state index in [-0.39, 0.29) is 16.9 Å². The van der Waals surface area contributed by atoms with Crippen LogP contribution in [0.25, 0.3) is 5.69 Å². The highest BCUT2D eigenvalue weighted by molar-refractivity contribution is 7.86. The first-order valence-corrected chi connectivity index (χ1v) is 8.54. The number of rotatable bonds is 4. The Kier molecular flexibility index (Phi) is 4.90. The minimum atomic E-state index is -4.75. The van der Waals surface area contributed by atoms with Crippen molar-refractivity contribution in [3.63, 3.8) is 0 Å². The average Bonchev–Trinajstić information content (AvgIpc) is 2.45. The highest BCUT2D eigenvalue weighted by Crippen LogP contribution is 2.20. The number of nitrogens with zero attached hydrogens (tertiary/aromatic N) is 2. The van der Waals surface area contributed by atoms with Gasteiger partial charge in [0, 0.05) is 11.9 Å². The summed E-state index contributed by atoms with van der Waals surface area (Å²) in [5.41, 5.74) is 4.28. The molecule has 0 saturated carbocycles. The molecule has 24 heavy (non-hydrogen) atoms. The van der Waals surface area contributed by atoms with Crippen molar-refractivity contribution in [2.24, 2.45) is 5.73 Å². The molecule has 2 rings (SSSR count). The van der Waals surface area contributed by atoms with E-state index >= 15 is 0 Å². The standard InChI is InChI=1S/C14H14ClN3O5S/c1-7-11(13(16)24(21,22)23)14(20)18(17-12(7)8(2)19)10-5-3-4-9(15)6-10/h3-6,13H,16H2,1-2H3,(H,21,22,23). The molecule has 1 unspecified atom stereocenters. The van der Waals surface area contributed by atoms with Gasteiger partial charge in [0.05, 0.1) is 11.3 Å². The Morgan fingerprint density at radius 1 is 1.42 bits per heavy atom. The van der Waals surface area contributed by atoms with Crippen LogP contribution in [0, 0.1) is 6.92 Å². The Bertz CT molecular complexity index is 984. The van der Waals surface area contributed by atoms with E-state index in [0.29, 0.717) is 5.02 Å². The van der Waals surface area contributed by atoms with Gasteiger partial charge >= 0.3 is 0 Å². The zero-order valence-electron chi connectivity index (χ0n) is 12.7. The number of aromatic nitrogens is 2. The highest BCUT2D eigenvalue weighted by atomic mass is 35.5. The topological polar surface area (TPSA) is 132 Å². The van der Waals surface area contributed by atoms with Crippen molar-refractivity contribution in [3.05, 3.63) is 56.5 Å². The molecule has 0 aliphatic rings. The van der Waals surface area contributed by atoms with Gasteiger partial charge < -0.3 is 5.73 Å². The Balaban J connectivity index is 2.91. The second-order valence-electron chi connectivity index (χ2n) is 5.08. The van der Waals surface area contributed by atoms with Crippen LogP contribution >= 0.6 is 11.6 Å². The molecule has 1 aromatic carbocycles. The number of hydrogen-bond acceptors (Lipinski definition) is 6. The Hall–Kier alpha value is -2.07. The summed E-state index contributed by atoms with van der Waals surface area (Å²) >= 11 is 5.88. The van der Waals surface area contributed by atoms with E-state index in [1.165, 1.54) is 26.0 Å². The fourth-order valence-corrected chi connectivity index (χ4v) is 2.98. The van der Waals surface area contributed by atoms with E-state index in [9.17, 15) is 22.6 Å². The zero-order valence-corrected chi connectivity index (χ0v) is 14.3. The first-order chi connectivity index (χ1) is 11.0. The van der Waals surface area contributed by atoms with Gasteiger partial charge in [-0.25, -0.2) is 0 Å². The number of Topliss-reactive ketones (excluding diaryl/α,β-unsaturated/α-hetero) is 1. The lowest BCUT2D eigenvalue weighted by atomic mass is 10.1. The number of nitrogens with two attached hydrogens (primary N) is 1. The number of hydrogen-bond donors (Lipinski definition) is 2. The van der Waals surface area contributed by atoms with Gasteiger partial charge in [0.15, 0.2) is 11.2 Å². The van der Waals surface area contributed by atoms with Crippen molar-refractivity contribution < 1.29 is 17.8 Å². The lowest BCUT2D eigenvalue weighted by Crippen LogP contribution is -2.35. The Morgan fingerprint density at radius 2 is 2.04 bits per heavy atom. The van der Waals surface area contributed by atoms with Gasteiger partial charge in [0.2, 0.25) is 0 Å². The number of carbonyl (C=O) groups is 1. The summed E-state index contributed by atoms with van der Waals surface area (Å²) in [6, 6.07) is 6.04. The summed E-state index contributed by atoms with van der Waals surface area (Å²) in [6.45, 7) is 2.55. The maximum Gasteiger partial charge on any atom is 0.285 e. The lowest BCUT2D eigenvalue weighted by Gasteiger charge is -2.16. The summed E-state index contributed by atoms with van der Waals surface area (Å²) < 4.78 is 32.8. The van der Waals surface area contributed by atoms with Crippen molar-refractivity contribution in [2.75, 3.05) is 0 Å². The number of benzene rings is 1. The molecule has 2 aromatic rings. The first kappa shape index (κ1) is 18.3. The van der Waals surface area contributed by atoms with E-state index in [2.05, 4.69) is 5.10 Å². The van der Waals surface area contributed by atoms with Crippen LogP contribution in [0.15, 0.2) is 29.1 Å². The molecule has 1 atom stereocenters. The molecule has 0 amide bonds. The summed E-state index contributed by atoms with van der Waals surface area (Å²) in [5.74, 6) is -0.493. The van der Waals surface area contributed by atoms with Gasteiger partial charge in [-0.15, -0.1) is 0 Å². The number of halogens is 1. The van der Waals surface area contributed by atoms with Crippen molar-refractivity contribution in [3.8, 4) is 5.69 Å². The van der Waals surface area contributed by atoms with E-state index in [1.54, 1.807) is 12.1 Å². The molecular weight excluding hydrogens is 358 g/mol. The van der Waals surface area contributed by atoms with Crippen LogP contribution in [0.4, 0.5) is 0 Å². The van der Waals surface area contributed by atoms with Crippen LogP contribution in [-0.2, 0) is 10.1 Å². The minimum absolute atomic E-state index is 0.00379. The molecule has 0 saturated heterocycles. The third-order valence-corrected chi connectivity index (χ3v) is 4.49. The molecule has 0 aliphatic carbocycles. The van der Waals surface area contributed by atoms with Crippen LogP contribution < -0.4 is 11.3 Å². The second-order valence-corrected chi connectivity index (χ2v) is 7.05. The smallest absolute Gasteiger partial charge is 0.285 e. The molecule has 0 radical (unpaired) electrons. The van der Waals surface area contributed by atoms with Crippen LogP contribution in [-0.4, -0.2) is 28.5 Å². The third kappa shape index (κ3) is 3.39. The van der Waals surface area contributed by atoms with Crippen molar-refractivity contribution in [2.45, 2.75) is 19.2 Å². The average molecular weight is 372 g/mol. The normalized spacial score (nSPS) is 12.9. The number of carbonyl (C=O) groups excluding carboxylic acids is 1. The van der Waals surface area contributed by atoms with Crippen molar-refractivity contribution >= 4 is 27.5 Å². The molecule has 0 aliphatic heterocycles. The Morgan fingerprint density at radius 3 is 2.54 bits per heavy atom. The van der Waals surface area contributed by atoms with Crippen LogP contribution in [0.3, 0.4) is 0 Å². The van der Waals surface area contributed by atoms with E-state index in [0.717, 1.165) is 4.68 Å². The van der Waals surface area contributed by atoms with Gasteiger partial charge in [-0.3, -0.25) is 14.1 Å². The van der Waals surface area contributed by atoms with Crippen LogP contribution in [0.2, 0.25) is 5.02 Å². The predicted molar refractivity (Wildman–Crippen MR) is 88.1 cm³/mol. The molecule has 128 valence electrons. The summed E-state index contributed by atoms with van der Waals surface area (Å²) in [5, 5.41) is 2.28. The molecule has 0 bridgehead atoms. The molecule has 10 heteroatoms. The van der Waals surface area contributed by atoms with Crippen molar-refractivity contribution in [1.29, 1.82) is 0 Å². The lowest BCUT2D eigenvalue weighted by molar-refractivity contribution is 0.101. The van der Waals surface area contributed by atoms with Crippen LogP contribution in [0.5, 0.6) is 0 Å². The maximum absolute atomic E-state index is 12.7. The van der Waals surface area contributed by atoms with Gasteiger partial charge in [-0.05, 0) is 30.7 Å². The van der Waals surface area contributed by atoms with Gasteiger partial charge in [0.1, 0.15) is 5.69 Å². The maximum atomic E-state index is 12.7. The summed E-state index contributed by atoms with van der Waals surface area (Å²) in [7, 11) is -4.75. The molecule has 1 aromatic heterocycles. The van der Waals surface area contributed by atoms with Crippen molar-refractivity contribution in [1.82, 2.24) is 9.78 Å². The van der Waals surface area contributed by atoms with E-state index in [1.807, 2.05) is 0 Å². The van der Waals surface area contributed by atoms with E-state index < -0.39 is 32.4 Å². The van der Waals surface area contributed by atoms with E-state index in [4.69, 9.17) is 17.3 Å². The highest BCUT2D eigenvalue weighted by Gasteiger charge is 2.29. The second kappa shape index (κ2) is 6.44. The van der Waals surface area contributed by atoms with Crippen LogP contribution in [0.1, 0.15) is 33.9 Å². The monoisotopic (exact) mass is 371 g/mol. The van der Waals surface area contributed by atoms with Gasteiger partial charge in [0.25, 0.3) is 15.7 Å². The summed E-state index contributed by atoms with van der Waals surface area (Å²) in [4.78, 5) is 24.5. The number of ketones is 1. The van der Waals surface area contributed by atoms with Gasteiger partial charge in [-0.2, -0.15) is 18.2 Å². The largest absolute Gasteiger partial charge is 0.309 e.